The predicted octanol–water partition coefficient (Wildman–Crippen LogP) is 12.6. The summed E-state index contributed by atoms with van der Waals surface area (Å²) in [6.45, 7) is 25.0. The average molecular weight is 995 g/mol. The summed E-state index contributed by atoms with van der Waals surface area (Å²) in [7, 11) is 0. The lowest BCUT2D eigenvalue weighted by molar-refractivity contribution is -0.577. The Bertz CT molecular complexity index is 2070. The molecular weight excluding hydrogens is 909 g/mol. The zero-order valence-corrected chi connectivity index (χ0v) is 43.7. The molecule has 8 saturated heterocycles. The van der Waals surface area contributed by atoms with E-state index in [2.05, 4.69) is 55.4 Å². The number of carboxylic acids is 1. The topological polar surface area (TPSA) is 156 Å². The fourth-order valence-electron chi connectivity index (χ4n) is 12.5. The van der Waals surface area contributed by atoms with Crippen molar-refractivity contribution in [1.29, 1.82) is 0 Å². The third kappa shape index (κ3) is 11.2. The van der Waals surface area contributed by atoms with Gasteiger partial charge in [0.1, 0.15) is 0 Å². The Hall–Kier alpha value is -3.02. The van der Waals surface area contributed by atoms with E-state index in [1.54, 1.807) is 36.4 Å². The van der Waals surface area contributed by atoms with Gasteiger partial charge in [-0.2, -0.15) is 0 Å². The first-order valence-electron chi connectivity index (χ1n) is 26.5. The second-order valence-electron chi connectivity index (χ2n) is 22.9. The minimum Gasteiger partial charge on any atom is -0.478 e. The van der Waals surface area contributed by atoms with Crippen LogP contribution in [0.15, 0.2) is 48.5 Å². The van der Waals surface area contributed by atoms with Crippen LogP contribution in [0.25, 0.3) is 0 Å². The SMILES string of the molecule is C.CCC(C)(C)CC.CCCOC(=O)c1ccc(CO[C@H]2O[C@@H]3O[C@]4(C)CC[C@H]5[C@H](C)CC[C@@H]([C@H]2C)[C@@]35OO4)cc1.C[C@H]1[C@@H](OCc2ccc(C(=O)O)cc2)O[C@@H]2O[C@]3(C)CC[C@H]4[C@H](C)CC[C@@H]1[C@@]24OO3. The summed E-state index contributed by atoms with van der Waals surface area (Å²) < 4.78 is 43.2. The summed E-state index contributed by atoms with van der Waals surface area (Å²) in [5.74, 6) is -0.374. The molecule has 0 amide bonds. The number of rotatable bonds is 12. The highest BCUT2D eigenvalue weighted by Gasteiger charge is 2.71. The van der Waals surface area contributed by atoms with E-state index in [0.717, 1.165) is 68.9 Å². The molecule has 2 spiro atoms. The fourth-order valence-corrected chi connectivity index (χ4v) is 12.5. The van der Waals surface area contributed by atoms with Crippen LogP contribution in [0.5, 0.6) is 0 Å². The zero-order chi connectivity index (χ0) is 50.2. The molecule has 0 unspecified atom stereocenters. The molecule has 398 valence electrons. The lowest BCUT2D eigenvalue weighted by atomic mass is 9.58. The lowest BCUT2D eigenvalue weighted by Crippen LogP contribution is -2.70. The van der Waals surface area contributed by atoms with Crippen LogP contribution in [0, 0.1) is 52.8 Å². The van der Waals surface area contributed by atoms with Crippen LogP contribution in [0.1, 0.15) is 186 Å². The summed E-state index contributed by atoms with van der Waals surface area (Å²) in [5, 5.41) is 9.06. The molecule has 1 N–H and O–H groups in total. The number of benzene rings is 2. The Kier molecular flexibility index (Phi) is 17.6. The molecule has 14 heteroatoms. The number of fused-ring (bicyclic) bond motifs is 4. The van der Waals surface area contributed by atoms with Crippen molar-refractivity contribution in [3.05, 3.63) is 70.8 Å². The molecular formula is C57H86O14. The van der Waals surface area contributed by atoms with E-state index in [-0.39, 0.29) is 42.6 Å². The molecule has 2 saturated carbocycles. The first-order valence-corrected chi connectivity index (χ1v) is 26.5. The van der Waals surface area contributed by atoms with Crippen molar-refractivity contribution in [2.45, 2.75) is 215 Å². The van der Waals surface area contributed by atoms with Crippen molar-refractivity contribution >= 4 is 11.9 Å². The number of aromatic carboxylic acids is 1. The smallest absolute Gasteiger partial charge is 0.338 e. The third-order valence-electron chi connectivity index (χ3n) is 17.8. The highest BCUT2D eigenvalue weighted by molar-refractivity contribution is 5.89. The van der Waals surface area contributed by atoms with E-state index in [1.165, 1.54) is 12.8 Å². The first-order chi connectivity index (χ1) is 33.3. The molecule has 2 aromatic rings. The van der Waals surface area contributed by atoms with Crippen molar-refractivity contribution in [1.82, 2.24) is 0 Å². The summed E-state index contributed by atoms with van der Waals surface area (Å²) in [6.07, 6.45) is 9.51. The molecule has 8 heterocycles. The van der Waals surface area contributed by atoms with Crippen LogP contribution >= 0.6 is 0 Å². The minimum atomic E-state index is -0.936. The van der Waals surface area contributed by atoms with Gasteiger partial charge in [0.05, 0.1) is 30.9 Å². The first kappa shape index (κ1) is 55.7. The maximum Gasteiger partial charge on any atom is 0.338 e. The Morgan fingerprint density at radius 2 is 1.04 bits per heavy atom. The van der Waals surface area contributed by atoms with Gasteiger partial charge in [0, 0.05) is 36.5 Å². The average Bonchev–Trinajstić information content (AvgIpc) is 3.73. The summed E-state index contributed by atoms with van der Waals surface area (Å²) in [5.41, 5.74) is 2.11. The fraction of sp³-hybridized carbons (Fsp3) is 0.754. The molecule has 16 atom stereocenters. The molecule has 4 bridgehead atoms. The van der Waals surface area contributed by atoms with Crippen LogP contribution in [0.3, 0.4) is 0 Å². The van der Waals surface area contributed by atoms with Crippen LogP contribution < -0.4 is 0 Å². The van der Waals surface area contributed by atoms with Crippen molar-refractivity contribution in [2.24, 2.45) is 52.8 Å². The third-order valence-corrected chi connectivity index (χ3v) is 17.8. The Balaban J connectivity index is 0.000000183. The molecule has 10 fully saturated rings. The Morgan fingerprint density at radius 1 is 0.620 bits per heavy atom. The second-order valence-corrected chi connectivity index (χ2v) is 22.9. The maximum atomic E-state index is 12.0. The summed E-state index contributed by atoms with van der Waals surface area (Å²) in [4.78, 5) is 47.1. The van der Waals surface area contributed by atoms with Gasteiger partial charge in [-0.1, -0.05) is 107 Å². The van der Waals surface area contributed by atoms with Gasteiger partial charge in [-0.05, 0) is 123 Å². The number of carbonyl (C=O) groups is 2. The molecule has 0 radical (unpaired) electrons. The van der Waals surface area contributed by atoms with E-state index in [4.69, 9.17) is 57.8 Å². The van der Waals surface area contributed by atoms with Gasteiger partial charge < -0.3 is 38.3 Å². The molecule has 2 aliphatic carbocycles. The van der Waals surface area contributed by atoms with Crippen molar-refractivity contribution in [2.75, 3.05) is 6.61 Å². The number of carboxylic acid groups (broad SMARTS) is 1. The van der Waals surface area contributed by atoms with Crippen LogP contribution in [-0.2, 0) is 65.9 Å². The molecule has 71 heavy (non-hydrogen) atoms. The number of esters is 1. The van der Waals surface area contributed by atoms with Gasteiger partial charge in [0.25, 0.3) is 0 Å². The standard InChI is InChI=1S/C26H36O7.C23H30O7.C7H16.CH4/c1-5-14-28-22(27)19-9-7-18(8-10-19)15-29-23-17(3)21-11-6-16(2)20-12-13-25(4)31-24(30-23)26(20,21)33-32-25;1-13-4-9-18-14(2)20(26-12-15-5-7-16(8-6-15)19(24)25)27-21-23(18)17(13)10-11-22(3,28-21)29-30-23;1-5-7(3,4)6-2;/h7-10,16-17,20-21,23-24H,5-6,11-15H2,1-4H3;5-8,13-14,17-18,20-21H,4,9-12H2,1-3H3,(H,24,25);5-6H2,1-4H3;1H4/t16-,17-,20+,21+,23+,24-,25+,26-;13-,14-,17+,18+,20+,21-,22+,23-;;/m11../s1. The van der Waals surface area contributed by atoms with Gasteiger partial charge in [0.15, 0.2) is 36.4 Å². The zero-order valence-electron chi connectivity index (χ0n) is 43.7. The molecule has 8 aliphatic heterocycles. The number of hydrogen-bond donors (Lipinski definition) is 1. The van der Waals surface area contributed by atoms with E-state index in [1.807, 2.05) is 32.9 Å². The number of ether oxygens (including phenoxy) is 7. The van der Waals surface area contributed by atoms with Crippen molar-refractivity contribution in [3.8, 4) is 0 Å². The van der Waals surface area contributed by atoms with E-state index in [9.17, 15) is 9.59 Å². The van der Waals surface area contributed by atoms with E-state index < -0.39 is 53.9 Å². The number of hydrogen-bond acceptors (Lipinski definition) is 13. The lowest BCUT2D eigenvalue weighted by Gasteiger charge is -2.60. The van der Waals surface area contributed by atoms with Crippen molar-refractivity contribution < 1.29 is 67.4 Å². The maximum absolute atomic E-state index is 12.0. The highest BCUT2D eigenvalue weighted by atomic mass is 17.3. The summed E-state index contributed by atoms with van der Waals surface area (Å²) >= 11 is 0. The molecule has 0 aromatic heterocycles. The summed E-state index contributed by atoms with van der Waals surface area (Å²) in [6, 6.07) is 14.1. The largest absolute Gasteiger partial charge is 0.478 e. The van der Waals surface area contributed by atoms with Crippen LogP contribution in [-0.4, -0.2) is 71.6 Å². The van der Waals surface area contributed by atoms with Gasteiger partial charge in [-0.15, -0.1) is 0 Å². The molecule has 10 aliphatic rings. The van der Waals surface area contributed by atoms with Crippen LogP contribution in [0.2, 0.25) is 0 Å². The molecule has 12 rings (SSSR count). The van der Waals surface area contributed by atoms with Gasteiger partial charge in [0.2, 0.25) is 11.6 Å². The monoisotopic (exact) mass is 995 g/mol. The van der Waals surface area contributed by atoms with E-state index in [0.29, 0.717) is 54.5 Å². The quantitative estimate of drug-likeness (QED) is 0.158. The van der Waals surface area contributed by atoms with Gasteiger partial charge in [-0.25, -0.2) is 29.1 Å². The molecule has 14 nitrogen and oxygen atoms in total. The second kappa shape index (κ2) is 22.4. The molecule has 2 aromatic carbocycles. The Labute approximate surface area is 423 Å². The normalized spacial score (nSPS) is 39.6. The van der Waals surface area contributed by atoms with Gasteiger partial charge in [-0.3, -0.25) is 0 Å². The minimum absolute atomic E-state index is 0. The van der Waals surface area contributed by atoms with Gasteiger partial charge >= 0.3 is 11.9 Å². The van der Waals surface area contributed by atoms with Crippen molar-refractivity contribution in [3.63, 3.8) is 0 Å². The highest BCUT2D eigenvalue weighted by Crippen LogP contribution is 2.62. The van der Waals surface area contributed by atoms with Crippen LogP contribution in [0.4, 0.5) is 0 Å². The Morgan fingerprint density at radius 3 is 1.42 bits per heavy atom. The number of carbonyl (C=O) groups excluding carboxylic acids is 1. The van der Waals surface area contributed by atoms with E-state index >= 15 is 0 Å². The predicted molar refractivity (Wildman–Crippen MR) is 265 cm³/mol.